The largest absolute Gasteiger partial charge is 0.248 e. The summed E-state index contributed by atoms with van der Waals surface area (Å²) >= 11 is 0. The Bertz CT molecular complexity index is 641. The number of hydrazone groups is 1. The van der Waals surface area contributed by atoms with Gasteiger partial charge in [-0.2, -0.15) is 10.4 Å². The molecule has 0 saturated carbocycles. The van der Waals surface area contributed by atoms with E-state index in [4.69, 9.17) is 5.10 Å². The van der Waals surface area contributed by atoms with Crippen LogP contribution in [0.3, 0.4) is 0 Å². The molecule has 1 aliphatic rings. The maximum Gasteiger partial charge on any atom is 0.139 e. The monoisotopic (exact) mass is 261 g/mol. The van der Waals surface area contributed by atoms with Gasteiger partial charge in [-0.1, -0.05) is 48.5 Å². The zero-order chi connectivity index (χ0) is 13.8. The van der Waals surface area contributed by atoms with Crippen LogP contribution in [-0.2, 0) is 0 Å². The molecule has 0 aliphatic carbocycles. The van der Waals surface area contributed by atoms with Crippen LogP contribution in [0.1, 0.15) is 18.4 Å². The van der Waals surface area contributed by atoms with Gasteiger partial charge in [0.05, 0.1) is 17.5 Å². The van der Waals surface area contributed by atoms with Crippen LogP contribution in [0.15, 0.2) is 65.8 Å². The zero-order valence-electron chi connectivity index (χ0n) is 11.1. The number of benzene rings is 2. The van der Waals surface area contributed by atoms with Crippen LogP contribution in [0.2, 0.25) is 0 Å². The summed E-state index contributed by atoms with van der Waals surface area (Å²) in [4.78, 5) is 0. The standard InChI is InChI=1S/C17H15N3/c18-13-16-11-12-17(14-7-3-1-4-8-14)19-20(16)15-9-5-2-6-10-15/h1-10,16H,11-12H2. The van der Waals surface area contributed by atoms with Gasteiger partial charge in [-0.3, -0.25) is 0 Å². The van der Waals surface area contributed by atoms with Crippen LogP contribution in [0, 0.1) is 11.3 Å². The van der Waals surface area contributed by atoms with E-state index in [1.54, 1.807) is 0 Å². The summed E-state index contributed by atoms with van der Waals surface area (Å²) < 4.78 is 0. The van der Waals surface area contributed by atoms with Crippen molar-refractivity contribution in [1.29, 1.82) is 5.26 Å². The van der Waals surface area contributed by atoms with E-state index in [2.05, 4.69) is 18.2 Å². The fraction of sp³-hybridized carbons (Fsp3) is 0.176. The van der Waals surface area contributed by atoms with Gasteiger partial charge in [0.15, 0.2) is 0 Å². The average molecular weight is 261 g/mol. The molecule has 98 valence electrons. The second kappa shape index (κ2) is 5.58. The molecule has 0 fully saturated rings. The third-order valence-corrected chi connectivity index (χ3v) is 3.46. The van der Waals surface area contributed by atoms with Crippen molar-refractivity contribution in [3.8, 4) is 6.07 Å². The molecule has 1 atom stereocenters. The van der Waals surface area contributed by atoms with Gasteiger partial charge in [0.2, 0.25) is 0 Å². The van der Waals surface area contributed by atoms with Gasteiger partial charge in [0, 0.05) is 0 Å². The van der Waals surface area contributed by atoms with E-state index in [0.29, 0.717) is 0 Å². The smallest absolute Gasteiger partial charge is 0.139 e. The van der Waals surface area contributed by atoms with Gasteiger partial charge in [0.1, 0.15) is 6.04 Å². The molecule has 0 bridgehead atoms. The van der Waals surface area contributed by atoms with E-state index in [-0.39, 0.29) is 6.04 Å². The van der Waals surface area contributed by atoms with Crippen molar-refractivity contribution in [3.63, 3.8) is 0 Å². The molecule has 0 N–H and O–H groups in total. The molecular weight excluding hydrogens is 246 g/mol. The van der Waals surface area contributed by atoms with Gasteiger partial charge in [0.25, 0.3) is 0 Å². The second-order valence-corrected chi connectivity index (χ2v) is 4.78. The van der Waals surface area contributed by atoms with E-state index in [1.807, 2.05) is 53.5 Å². The van der Waals surface area contributed by atoms with Gasteiger partial charge in [-0.25, -0.2) is 5.01 Å². The highest BCUT2D eigenvalue weighted by Gasteiger charge is 2.24. The number of hydrogen-bond donors (Lipinski definition) is 0. The van der Waals surface area contributed by atoms with E-state index in [9.17, 15) is 5.26 Å². The molecule has 3 heteroatoms. The summed E-state index contributed by atoms with van der Waals surface area (Å²) in [5.41, 5.74) is 3.14. The van der Waals surface area contributed by atoms with Crippen LogP contribution >= 0.6 is 0 Å². The molecule has 0 radical (unpaired) electrons. The first-order chi connectivity index (χ1) is 9.88. The van der Waals surface area contributed by atoms with Crippen LogP contribution < -0.4 is 5.01 Å². The lowest BCUT2D eigenvalue weighted by Gasteiger charge is -2.29. The molecule has 3 rings (SSSR count). The van der Waals surface area contributed by atoms with E-state index in [0.717, 1.165) is 29.8 Å². The number of rotatable bonds is 2. The zero-order valence-corrected chi connectivity index (χ0v) is 11.1. The Morgan fingerprint density at radius 1 is 1.00 bits per heavy atom. The number of hydrogen-bond acceptors (Lipinski definition) is 3. The molecular formula is C17H15N3. The third-order valence-electron chi connectivity index (χ3n) is 3.46. The Kier molecular flexibility index (Phi) is 3.47. The van der Waals surface area contributed by atoms with E-state index in [1.165, 1.54) is 0 Å². The van der Waals surface area contributed by atoms with Crippen molar-refractivity contribution >= 4 is 11.4 Å². The Hall–Kier alpha value is -2.60. The average Bonchev–Trinajstić information content (AvgIpc) is 2.56. The molecule has 20 heavy (non-hydrogen) atoms. The van der Waals surface area contributed by atoms with Crippen LogP contribution in [0.5, 0.6) is 0 Å². The lowest BCUT2D eigenvalue weighted by molar-refractivity contribution is 0.649. The molecule has 1 heterocycles. The molecule has 0 amide bonds. The third kappa shape index (κ3) is 2.41. The summed E-state index contributed by atoms with van der Waals surface area (Å²) in [5, 5.41) is 15.9. The van der Waals surface area contributed by atoms with Crippen molar-refractivity contribution in [2.45, 2.75) is 18.9 Å². The normalized spacial score (nSPS) is 18.2. The Balaban J connectivity index is 1.99. The minimum atomic E-state index is -0.190. The number of anilines is 1. The number of nitriles is 1. The minimum absolute atomic E-state index is 0.190. The lowest BCUT2D eigenvalue weighted by Crippen LogP contribution is -2.35. The first-order valence-corrected chi connectivity index (χ1v) is 6.75. The first kappa shape index (κ1) is 12.4. The fourth-order valence-electron chi connectivity index (χ4n) is 2.42. The van der Waals surface area contributed by atoms with Crippen molar-refractivity contribution in [3.05, 3.63) is 66.2 Å². The Labute approximate surface area is 118 Å². The molecule has 2 aromatic rings. The minimum Gasteiger partial charge on any atom is -0.248 e. The molecule has 0 saturated heterocycles. The maximum atomic E-state index is 9.32. The number of para-hydroxylation sites is 1. The Morgan fingerprint density at radius 2 is 1.65 bits per heavy atom. The summed E-state index contributed by atoms with van der Waals surface area (Å²) in [5.74, 6) is 0. The fourth-order valence-corrected chi connectivity index (χ4v) is 2.42. The summed E-state index contributed by atoms with van der Waals surface area (Å²) in [6.45, 7) is 0. The van der Waals surface area contributed by atoms with Crippen molar-refractivity contribution in [2.24, 2.45) is 5.10 Å². The lowest BCUT2D eigenvalue weighted by atomic mass is 10.0. The highest BCUT2D eigenvalue weighted by atomic mass is 15.5. The van der Waals surface area contributed by atoms with E-state index < -0.39 is 0 Å². The molecule has 0 aromatic heterocycles. The summed E-state index contributed by atoms with van der Waals surface area (Å²) in [6.07, 6.45) is 1.64. The second-order valence-electron chi connectivity index (χ2n) is 4.78. The molecule has 2 aromatic carbocycles. The predicted molar refractivity (Wildman–Crippen MR) is 80.5 cm³/mol. The van der Waals surface area contributed by atoms with Gasteiger partial charge in [-0.15, -0.1) is 0 Å². The highest BCUT2D eigenvalue weighted by Crippen LogP contribution is 2.25. The summed E-state index contributed by atoms with van der Waals surface area (Å²) in [7, 11) is 0. The maximum absolute atomic E-state index is 9.32. The predicted octanol–water partition coefficient (Wildman–Crippen LogP) is 3.58. The highest BCUT2D eigenvalue weighted by molar-refractivity contribution is 6.01. The molecule has 3 nitrogen and oxygen atoms in total. The first-order valence-electron chi connectivity index (χ1n) is 6.75. The number of nitrogens with zero attached hydrogens (tertiary/aromatic N) is 3. The Morgan fingerprint density at radius 3 is 2.30 bits per heavy atom. The SMILES string of the molecule is N#CC1CCC(c2ccccc2)=NN1c1ccccc1. The quantitative estimate of drug-likeness (QED) is 0.828. The van der Waals surface area contributed by atoms with Crippen molar-refractivity contribution in [2.75, 3.05) is 5.01 Å². The molecule has 1 aliphatic heterocycles. The van der Waals surface area contributed by atoms with Crippen molar-refractivity contribution in [1.82, 2.24) is 0 Å². The molecule has 0 spiro atoms. The van der Waals surface area contributed by atoms with Crippen LogP contribution in [0.4, 0.5) is 5.69 Å². The molecule has 1 unspecified atom stereocenters. The van der Waals surface area contributed by atoms with E-state index >= 15 is 0 Å². The van der Waals surface area contributed by atoms with Gasteiger partial charge >= 0.3 is 0 Å². The van der Waals surface area contributed by atoms with Crippen LogP contribution in [0.25, 0.3) is 0 Å². The topological polar surface area (TPSA) is 39.4 Å². The van der Waals surface area contributed by atoms with Gasteiger partial charge in [-0.05, 0) is 30.5 Å². The summed E-state index contributed by atoms with van der Waals surface area (Å²) in [6, 6.07) is 22.2. The van der Waals surface area contributed by atoms with Crippen LogP contribution in [-0.4, -0.2) is 11.8 Å². The van der Waals surface area contributed by atoms with Gasteiger partial charge < -0.3 is 0 Å². The van der Waals surface area contributed by atoms with Crippen molar-refractivity contribution < 1.29 is 0 Å².